The molecule has 0 spiro atoms. The first kappa shape index (κ1) is 14.1. The van der Waals surface area contributed by atoms with Crippen LogP contribution in [0.2, 0.25) is 5.02 Å². The van der Waals surface area contributed by atoms with Gasteiger partial charge in [-0.15, -0.1) is 11.6 Å². The highest BCUT2D eigenvalue weighted by molar-refractivity contribution is 7.89. The maximum atomic E-state index is 13.6. The molecule has 0 atom stereocenters. The van der Waals surface area contributed by atoms with Crippen molar-refractivity contribution in [3.8, 4) is 0 Å². The molecule has 0 heterocycles. The predicted octanol–water partition coefficient (Wildman–Crippen LogP) is 3.00. The van der Waals surface area contributed by atoms with E-state index in [0.717, 1.165) is 18.9 Å². The van der Waals surface area contributed by atoms with Crippen LogP contribution >= 0.6 is 23.2 Å². The van der Waals surface area contributed by atoms with E-state index in [0.29, 0.717) is 0 Å². The van der Waals surface area contributed by atoms with Crippen LogP contribution in [-0.4, -0.2) is 25.8 Å². The van der Waals surface area contributed by atoms with Crippen molar-refractivity contribution in [1.82, 2.24) is 4.31 Å². The van der Waals surface area contributed by atoms with Gasteiger partial charge in [-0.3, -0.25) is 0 Å². The molecule has 18 heavy (non-hydrogen) atoms. The summed E-state index contributed by atoms with van der Waals surface area (Å²) in [6.07, 6.45) is 1.68. The molecule has 0 radical (unpaired) electrons. The molecule has 1 aromatic carbocycles. The van der Waals surface area contributed by atoms with Gasteiger partial charge in [0.25, 0.3) is 0 Å². The molecule has 100 valence electrons. The average molecular weight is 312 g/mol. The van der Waals surface area contributed by atoms with Crippen molar-refractivity contribution in [2.45, 2.75) is 29.7 Å². The van der Waals surface area contributed by atoms with Gasteiger partial charge in [-0.25, -0.2) is 12.8 Å². The largest absolute Gasteiger partial charge is 0.243 e. The highest BCUT2D eigenvalue weighted by Gasteiger charge is 2.35. The zero-order valence-electron chi connectivity index (χ0n) is 9.66. The fraction of sp³-hybridized carbons (Fsp3) is 0.455. The second-order valence-corrected chi connectivity index (χ2v) is 6.91. The Morgan fingerprint density at radius 3 is 2.56 bits per heavy atom. The smallest absolute Gasteiger partial charge is 0.207 e. The summed E-state index contributed by atoms with van der Waals surface area (Å²) in [5.41, 5.74) is 0.279. The Morgan fingerprint density at radius 2 is 2.06 bits per heavy atom. The standard InChI is InChI=1S/C11H12Cl2FNO2S/c1-15(8-2-3-8)18(16,17)9-4-7(6-12)11(13)10(14)5-9/h4-5,8H,2-3,6H2,1H3. The second-order valence-electron chi connectivity index (χ2n) is 4.26. The Labute approximate surface area is 116 Å². The molecule has 0 bridgehead atoms. The maximum Gasteiger partial charge on any atom is 0.243 e. The van der Waals surface area contributed by atoms with Gasteiger partial charge in [0, 0.05) is 19.0 Å². The first-order chi connectivity index (χ1) is 8.37. The fourth-order valence-electron chi connectivity index (χ4n) is 1.67. The van der Waals surface area contributed by atoms with Crippen molar-refractivity contribution < 1.29 is 12.8 Å². The zero-order chi connectivity index (χ0) is 13.5. The van der Waals surface area contributed by atoms with Crippen LogP contribution in [0.25, 0.3) is 0 Å². The molecule has 0 amide bonds. The van der Waals surface area contributed by atoms with Crippen molar-refractivity contribution in [1.29, 1.82) is 0 Å². The van der Waals surface area contributed by atoms with Gasteiger partial charge >= 0.3 is 0 Å². The summed E-state index contributed by atoms with van der Waals surface area (Å²) in [6, 6.07) is 2.28. The third-order valence-electron chi connectivity index (χ3n) is 2.96. The van der Waals surface area contributed by atoms with Gasteiger partial charge in [-0.2, -0.15) is 4.31 Å². The molecule has 1 aliphatic rings. The maximum absolute atomic E-state index is 13.6. The van der Waals surface area contributed by atoms with Gasteiger partial charge < -0.3 is 0 Å². The van der Waals surface area contributed by atoms with E-state index in [1.807, 2.05) is 0 Å². The van der Waals surface area contributed by atoms with E-state index in [9.17, 15) is 12.8 Å². The van der Waals surface area contributed by atoms with Gasteiger partial charge in [-0.05, 0) is 30.5 Å². The summed E-state index contributed by atoms with van der Waals surface area (Å²) in [5, 5.41) is -0.127. The minimum absolute atomic E-state index is 0.0215. The Balaban J connectivity index is 2.47. The van der Waals surface area contributed by atoms with Crippen molar-refractivity contribution in [3.05, 3.63) is 28.5 Å². The SMILES string of the molecule is CN(C1CC1)S(=O)(=O)c1cc(F)c(Cl)c(CCl)c1. The topological polar surface area (TPSA) is 37.4 Å². The summed E-state index contributed by atoms with van der Waals surface area (Å²) < 4.78 is 39.3. The number of halogens is 3. The molecular weight excluding hydrogens is 300 g/mol. The van der Waals surface area contributed by atoms with Crippen molar-refractivity contribution in [2.24, 2.45) is 0 Å². The molecule has 0 saturated heterocycles. The van der Waals surface area contributed by atoms with Crippen molar-refractivity contribution in [2.75, 3.05) is 7.05 Å². The predicted molar refractivity (Wildman–Crippen MR) is 68.9 cm³/mol. The van der Waals surface area contributed by atoms with E-state index >= 15 is 0 Å². The van der Waals surface area contributed by atoms with Crippen LogP contribution in [-0.2, 0) is 15.9 Å². The van der Waals surface area contributed by atoms with Gasteiger partial charge in [0.1, 0.15) is 5.82 Å². The zero-order valence-corrected chi connectivity index (χ0v) is 12.0. The number of hydrogen-bond acceptors (Lipinski definition) is 2. The minimum Gasteiger partial charge on any atom is -0.207 e. The monoisotopic (exact) mass is 311 g/mol. The van der Waals surface area contributed by atoms with E-state index in [2.05, 4.69) is 0 Å². The van der Waals surface area contributed by atoms with Crippen LogP contribution in [0.5, 0.6) is 0 Å². The van der Waals surface area contributed by atoms with E-state index in [1.54, 1.807) is 0 Å². The normalized spacial score (nSPS) is 16.3. The van der Waals surface area contributed by atoms with Crippen LogP contribution < -0.4 is 0 Å². The lowest BCUT2D eigenvalue weighted by molar-refractivity contribution is 0.463. The van der Waals surface area contributed by atoms with E-state index < -0.39 is 15.8 Å². The Kier molecular flexibility index (Phi) is 3.88. The summed E-state index contributed by atoms with van der Waals surface area (Å²) in [4.78, 5) is -0.102. The molecule has 2 rings (SSSR count). The number of rotatable bonds is 4. The average Bonchev–Trinajstić information content (AvgIpc) is 3.15. The molecule has 1 fully saturated rings. The number of hydrogen-bond donors (Lipinski definition) is 0. The molecular formula is C11H12Cl2FNO2S. The lowest BCUT2D eigenvalue weighted by atomic mass is 10.2. The lowest BCUT2D eigenvalue weighted by Gasteiger charge is -2.17. The Morgan fingerprint density at radius 1 is 1.44 bits per heavy atom. The lowest BCUT2D eigenvalue weighted by Crippen LogP contribution is -2.29. The molecule has 0 unspecified atom stereocenters. The van der Waals surface area contributed by atoms with Crippen LogP contribution in [0.15, 0.2) is 17.0 Å². The van der Waals surface area contributed by atoms with E-state index in [-0.39, 0.29) is 27.4 Å². The van der Waals surface area contributed by atoms with Gasteiger partial charge in [0.2, 0.25) is 10.0 Å². The number of sulfonamides is 1. The molecule has 1 aromatic rings. The second kappa shape index (κ2) is 4.96. The van der Waals surface area contributed by atoms with Crippen molar-refractivity contribution in [3.63, 3.8) is 0 Å². The van der Waals surface area contributed by atoms with E-state index in [4.69, 9.17) is 23.2 Å². The first-order valence-corrected chi connectivity index (χ1v) is 7.75. The number of benzene rings is 1. The summed E-state index contributed by atoms with van der Waals surface area (Å²) in [6.45, 7) is 0. The van der Waals surface area contributed by atoms with Gasteiger partial charge in [0.05, 0.1) is 9.92 Å². The van der Waals surface area contributed by atoms with E-state index in [1.165, 1.54) is 17.4 Å². The summed E-state index contributed by atoms with van der Waals surface area (Å²) >= 11 is 11.3. The van der Waals surface area contributed by atoms with Crippen LogP contribution in [0.4, 0.5) is 4.39 Å². The fourth-order valence-corrected chi connectivity index (χ4v) is 3.60. The number of nitrogens with zero attached hydrogens (tertiary/aromatic N) is 1. The molecule has 0 aliphatic heterocycles. The molecule has 3 nitrogen and oxygen atoms in total. The molecule has 1 saturated carbocycles. The Bertz CT molecular complexity index is 573. The minimum atomic E-state index is -3.67. The molecule has 0 N–H and O–H groups in total. The van der Waals surface area contributed by atoms with Gasteiger partial charge in [-0.1, -0.05) is 11.6 Å². The van der Waals surface area contributed by atoms with Crippen LogP contribution in [0, 0.1) is 5.82 Å². The van der Waals surface area contributed by atoms with Crippen molar-refractivity contribution >= 4 is 33.2 Å². The molecule has 1 aliphatic carbocycles. The highest BCUT2D eigenvalue weighted by atomic mass is 35.5. The van der Waals surface area contributed by atoms with Gasteiger partial charge in [0.15, 0.2) is 0 Å². The van der Waals surface area contributed by atoms with Crippen LogP contribution in [0.3, 0.4) is 0 Å². The first-order valence-electron chi connectivity index (χ1n) is 5.40. The quantitative estimate of drug-likeness (QED) is 0.802. The van der Waals surface area contributed by atoms with Crippen LogP contribution in [0.1, 0.15) is 18.4 Å². The summed E-state index contributed by atoms with van der Waals surface area (Å²) in [5.74, 6) is -0.802. The highest BCUT2D eigenvalue weighted by Crippen LogP contribution is 2.32. The third-order valence-corrected chi connectivity index (χ3v) is 5.56. The summed E-state index contributed by atoms with van der Waals surface area (Å²) in [7, 11) is -2.17. The molecule has 0 aromatic heterocycles. The molecule has 7 heteroatoms. The Hall–Kier alpha value is -0.360. The number of alkyl halides is 1. The third kappa shape index (κ3) is 2.50.